The summed E-state index contributed by atoms with van der Waals surface area (Å²) in [5.41, 5.74) is 6.71. The van der Waals surface area contributed by atoms with Crippen molar-refractivity contribution in [3.05, 3.63) is 23.8 Å². The van der Waals surface area contributed by atoms with Crippen LogP contribution < -0.4 is 10.5 Å². The minimum absolute atomic E-state index is 0.0459. The Morgan fingerprint density at radius 2 is 2.00 bits per heavy atom. The first-order valence-corrected chi connectivity index (χ1v) is 4.99. The Labute approximate surface area is 97.3 Å². The second-order valence-corrected chi connectivity index (χ2v) is 3.49. The molecule has 0 aromatic heterocycles. The lowest BCUT2D eigenvalue weighted by atomic mass is 10.2. The van der Waals surface area contributed by atoms with Crippen LogP contribution in [-0.4, -0.2) is 19.9 Å². The second kappa shape index (κ2) is 5.77. The van der Waals surface area contributed by atoms with E-state index in [0.717, 1.165) is 0 Å². The highest BCUT2D eigenvalue weighted by atomic mass is 19.4. The van der Waals surface area contributed by atoms with Gasteiger partial charge in [0.1, 0.15) is 5.75 Å². The number of benzene rings is 1. The maximum atomic E-state index is 11.9. The minimum atomic E-state index is -4.19. The first kappa shape index (κ1) is 13.6. The third-order valence-corrected chi connectivity index (χ3v) is 2.09. The summed E-state index contributed by atoms with van der Waals surface area (Å²) < 4.78 is 45.6. The third kappa shape index (κ3) is 4.95. The van der Waals surface area contributed by atoms with Gasteiger partial charge in [-0.15, -0.1) is 0 Å². The molecule has 2 N–H and O–H groups in total. The normalized spacial score (nSPS) is 11.5. The van der Waals surface area contributed by atoms with Crippen molar-refractivity contribution >= 4 is 5.69 Å². The predicted octanol–water partition coefficient (Wildman–Crippen LogP) is 2.75. The van der Waals surface area contributed by atoms with Gasteiger partial charge in [0.15, 0.2) is 0 Å². The SMILES string of the molecule is COc1ccc(N)cc1COCCC(F)(F)F. The fourth-order valence-electron chi connectivity index (χ4n) is 1.28. The summed E-state index contributed by atoms with van der Waals surface area (Å²) in [4.78, 5) is 0. The van der Waals surface area contributed by atoms with Crippen molar-refractivity contribution in [1.82, 2.24) is 0 Å². The van der Waals surface area contributed by atoms with E-state index in [4.69, 9.17) is 15.2 Å². The Balaban J connectivity index is 2.48. The molecule has 6 heteroatoms. The minimum Gasteiger partial charge on any atom is -0.496 e. The standard InChI is InChI=1S/C11H14F3NO2/c1-16-10-3-2-9(15)6-8(10)7-17-5-4-11(12,13)14/h2-3,6H,4-5,7,15H2,1H3. The molecule has 0 atom stereocenters. The van der Waals surface area contributed by atoms with Gasteiger partial charge in [0.2, 0.25) is 0 Å². The molecule has 17 heavy (non-hydrogen) atoms. The summed E-state index contributed by atoms with van der Waals surface area (Å²) in [6.45, 7) is -0.328. The second-order valence-electron chi connectivity index (χ2n) is 3.49. The molecular weight excluding hydrogens is 235 g/mol. The fraction of sp³-hybridized carbons (Fsp3) is 0.455. The molecule has 1 rings (SSSR count). The molecule has 96 valence electrons. The molecule has 3 nitrogen and oxygen atoms in total. The average molecular weight is 249 g/mol. The van der Waals surface area contributed by atoms with Crippen molar-refractivity contribution < 1.29 is 22.6 Å². The van der Waals surface area contributed by atoms with Gasteiger partial charge in [-0.05, 0) is 18.2 Å². The molecule has 0 saturated heterocycles. The molecule has 0 aliphatic carbocycles. The number of methoxy groups -OCH3 is 1. The summed E-state index contributed by atoms with van der Waals surface area (Å²) in [5.74, 6) is 0.547. The van der Waals surface area contributed by atoms with Gasteiger partial charge < -0.3 is 15.2 Å². The van der Waals surface area contributed by atoms with Gasteiger partial charge in [-0.1, -0.05) is 0 Å². The number of hydrogen-bond acceptors (Lipinski definition) is 3. The first-order valence-electron chi connectivity index (χ1n) is 4.99. The van der Waals surface area contributed by atoms with Crippen molar-refractivity contribution in [3.8, 4) is 5.75 Å². The highest BCUT2D eigenvalue weighted by Crippen LogP contribution is 2.23. The van der Waals surface area contributed by atoms with Crippen LogP contribution in [0.25, 0.3) is 0 Å². The lowest BCUT2D eigenvalue weighted by Gasteiger charge is -2.11. The van der Waals surface area contributed by atoms with E-state index in [-0.39, 0.29) is 13.2 Å². The van der Waals surface area contributed by atoms with Crippen LogP contribution >= 0.6 is 0 Å². The Morgan fingerprint density at radius 3 is 2.59 bits per heavy atom. The highest BCUT2D eigenvalue weighted by molar-refractivity contribution is 5.47. The van der Waals surface area contributed by atoms with E-state index >= 15 is 0 Å². The van der Waals surface area contributed by atoms with Crippen LogP contribution in [0.2, 0.25) is 0 Å². The lowest BCUT2D eigenvalue weighted by Crippen LogP contribution is -2.11. The van der Waals surface area contributed by atoms with Crippen LogP contribution in [-0.2, 0) is 11.3 Å². The molecule has 1 aromatic carbocycles. The van der Waals surface area contributed by atoms with Crippen molar-refractivity contribution in [2.75, 3.05) is 19.5 Å². The summed E-state index contributed by atoms with van der Waals surface area (Å²) in [6, 6.07) is 4.92. The highest BCUT2D eigenvalue weighted by Gasteiger charge is 2.26. The zero-order valence-electron chi connectivity index (χ0n) is 9.38. The molecule has 0 radical (unpaired) electrons. The van der Waals surface area contributed by atoms with Gasteiger partial charge in [-0.3, -0.25) is 0 Å². The van der Waals surface area contributed by atoms with E-state index in [1.54, 1.807) is 18.2 Å². The summed E-state index contributed by atoms with van der Waals surface area (Å²) in [6.07, 6.45) is -5.16. The monoisotopic (exact) mass is 249 g/mol. The number of anilines is 1. The molecule has 0 fully saturated rings. The topological polar surface area (TPSA) is 44.5 Å². The van der Waals surface area contributed by atoms with Crippen LogP contribution in [0.4, 0.5) is 18.9 Å². The van der Waals surface area contributed by atoms with Crippen molar-refractivity contribution in [3.63, 3.8) is 0 Å². The number of hydrogen-bond donors (Lipinski definition) is 1. The van der Waals surface area contributed by atoms with Gasteiger partial charge in [-0.25, -0.2) is 0 Å². The van der Waals surface area contributed by atoms with Gasteiger partial charge >= 0.3 is 6.18 Å². The Morgan fingerprint density at radius 1 is 1.29 bits per heavy atom. The van der Waals surface area contributed by atoms with E-state index < -0.39 is 12.6 Å². The van der Waals surface area contributed by atoms with Crippen LogP contribution in [0.15, 0.2) is 18.2 Å². The Bertz CT molecular complexity index is 366. The van der Waals surface area contributed by atoms with E-state index in [9.17, 15) is 13.2 Å². The molecular formula is C11H14F3NO2. The van der Waals surface area contributed by atoms with Crippen LogP contribution in [0.5, 0.6) is 5.75 Å². The van der Waals surface area contributed by atoms with Crippen LogP contribution in [0, 0.1) is 0 Å². The van der Waals surface area contributed by atoms with E-state index in [1.807, 2.05) is 0 Å². The zero-order valence-corrected chi connectivity index (χ0v) is 9.38. The number of alkyl halides is 3. The van der Waals surface area contributed by atoms with Crippen molar-refractivity contribution in [2.24, 2.45) is 0 Å². The molecule has 0 heterocycles. The number of ether oxygens (including phenoxy) is 2. The molecule has 0 aliphatic heterocycles. The van der Waals surface area contributed by atoms with Gasteiger partial charge in [-0.2, -0.15) is 13.2 Å². The number of rotatable bonds is 5. The maximum Gasteiger partial charge on any atom is 0.391 e. The van der Waals surface area contributed by atoms with Crippen molar-refractivity contribution in [1.29, 1.82) is 0 Å². The molecule has 0 saturated carbocycles. The number of halogens is 3. The summed E-state index contributed by atoms with van der Waals surface area (Å²) in [7, 11) is 1.48. The molecule has 0 amide bonds. The quantitative estimate of drug-likeness (QED) is 0.644. The van der Waals surface area contributed by atoms with Gasteiger partial charge in [0, 0.05) is 11.3 Å². The van der Waals surface area contributed by atoms with Crippen molar-refractivity contribution in [2.45, 2.75) is 19.2 Å². The zero-order chi connectivity index (χ0) is 12.9. The van der Waals surface area contributed by atoms with Crippen LogP contribution in [0.3, 0.4) is 0 Å². The van der Waals surface area contributed by atoms with E-state index in [1.165, 1.54) is 7.11 Å². The molecule has 0 aliphatic rings. The lowest BCUT2D eigenvalue weighted by molar-refractivity contribution is -0.146. The Kier molecular flexibility index (Phi) is 4.62. The Hall–Kier alpha value is -1.43. The first-order chi connectivity index (χ1) is 7.92. The molecule has 1 aromatic rings. The maximum absolute atomic E-state index is 11.9. The molecule has 0 spiro atoms. The van der Waals surface area contributed by atoms with E-state index in [2.05, 4.69) is 0 Å². The number of nitrogen functional groups attached to an aromatic ring is 1. The smallest absolute Gasteiger partial charge is 0.391 e. The molecule has 0 unspecified atom stereocenters. The summed E-state index contributed by atoms with van der Waals surface area (Å²) in [5, 5.41) is 0. The summed E-state index contributed by atoms with van der Waals surface area (Å²) >= 11 is 0. The molecule has 0 bridgehead atoms. The van der Waals surface area contributed by atoms with Crippen LogP contribution in [0.1, 0.15) is 12.0 Å². The fourth-order valence-corrected chi connectivity index (χ4v) is 1.28. The largest absolute Gasteiger partial charge is 0.496 e. The average Bonchev–Trinajstić information content (AvgIpc) is 2.23. The predicted molar refractivity (Wildman–Crippen MR) is 57.7 cm³/mol. The van der Waals surface area contributed by atoms with E-state index in [0.29, 0.717) is 17.0 Å². The van der Waals surface area contributed by atoms with Gasteiger partial charge in [0.25, 0.3) is 0 Å². The third-order valence-electron chi connectivity index (χ3n) is 2.09. The van der Waals surface area contributed by atoms with Gasteiger partial charge in [0.05, 0.1) is 26.7 Å². The number of nitrogens with two attached hydrogens (primary N) is 1.